The molecule has 1 aliphatic heterocycles. The Hall–Kier alpha value is -3.01. The Bertz CT molecular complexity index is 998. The molecule has 1 aromatic carbocycles. The predicted octanol–water partition coefficient (Wildman–Crippen LogP) is 3.52. The van der Waals surface area contributed by atoms with E-state index in [1.54, 1.807) is 23.2 Å². The zero-order valence-electron chi connectivity index (χ0n) is 20.9. The molecule has 1 unspecified atom stereocenters. The van der Waals surface area contributed by atoms with Crippen LogP contribution >= 0.6 is 0 Å². The van der Waals surface area contributed by atoms with Gasteiger partial charge in [-0.15, -0.1) is 0 Å². The van der Waals surface area contributed by atoms with Gasteiger partial charge in [0.05, 0.1) is 12.7 Å². The Balaban J connectivity index is 1.38. The number of ether oxygens (including phenoxy) is 1. The number of aliphatic imine (C=N–C) groups is 1. The van der Waals surface area contributed by atoms with Crippen LogP contribution in [0.1, 0.15) is 67.8 Å². The van der Waals surface area contributed by atoms with Crippen LogP contribution in [0.15, 0.2) is 35.0 Å². The van der Waals surface area contributed by atoms with E-state index in [9.17, 15) is 23.5 Å². The number of nitrogens with zero attached hydrogens (tertiary/aromatic N) is 2. The highest BCUT2D eigenvalue weighted by atomic mass is 19.3. The number of rotatable bonds is 8. The fourth-order valence-corrected chi connectivity index (χ4v) is 4.52. The van der Waals surface area contributed by atoms with Gasteiger partial charge in [0.1, 0.15) is 5.75 Å². The van der Waals surface area contributed by atoms with Gasteiger partial charge in [0, 0.05) is 31.8 Å². The van der Waals surface area contributed by atoms with Gasteiger partial charge >= 0.3 is 11.8 Å². The topological polar surface area (TPSA) is 117 Å². The van der Waals surface area contributed by atoms with E-state index in [4.69, 9.17) is 10.5 Å². The number of carbonyl (C=O) groups is 2. The molecule has 0 aromatic heterocycles. The fraction of sp³-hybridized carbons (Fsp3) is 0.577. The molecule has 4 N–H and O–H groups in total. The number of likely N-dealkylation sites (tertiary alicyclic amines) is 1. The molecule has 1 heterocycles. The first-order chi connectivity index (χ1) is 17.0. The summed E-state index contributed by atoms with van der Waals surface area (Å²) in [7, 11) is 0. The number of carbonyl (C=O) groups excluding carboxylic acids is 2. The van der Waals surface area contributed by atoms with Crippen molar-refractivity contribution < 1.29 is 28.2 Å². The van der Waals surface area contributed by atoms with Crippen molar-refractivity contribution in [1.29, 1.82) is 0 Å². The average molecular weight is 507 g/mol. The molecular formula is C26H36F2N4O4. The van der Waals surface area contributed by atoms with Gasteiger partial charge in [-0.3, -0.25) is 9.59 Å². The van der Waals surface area contributed by atoms with Crippen molar-refractivity contribution in [3.05, 3.63) is 41.1 Å². The van der Waals surface area contributed by atoms with Crippen molar-refractivity contribution in [1.82, 2.24) is 10.2 Å². The van der Waals surface area contributed by atoms with Crippen LogP contribution in [0.25, 0.3) is 0 Å². The first-order valence-corrected chi connectivity index (χ1v) is 12.5. The molecule has 1 aromatic rings. The molecule has 1 saturated carbocycles. The molecule has 2 amide bonds. The number of guanidine groups is 1. The number of alkyl halides is 2. The summed E-state index contributed by atoms with van der Waals surface area (Å²) in [4.78, 5) is 28.8. The van der Waals surface area contributed by atoms with Crippen LogP contribution in [0.5, 0.6) is 5.75 Å². The van der Waals surface area contributed by atoms with E-state index in [0.29, 0.717) is 43.9 Å². The molecule has 0 bridgehead atoms. The lowest BCUT2D eigenvalue weighted by Crippen LogP contribution is -2.44. The van der Waals surface area contributed by atoms with Crippen LogP contribution in [0.2, 0.25) is 0 Å². The minimum absolute atomic E-state index is 0.149. The summed E-state index contributed by atoms with van der Waals surface area (Å²) in [5, 5.41) is 12.6. The van der Waals surface area contributed by atoms with E-state index in [-0.39, 0.29) is 11.9 Å². The molecule has 10 heteroatoms. The van der Waals surface area contributed by atoms with E-state index >= 15 is 0 Å². The van der Waals surface area contributed by atoms with Gasteiger partial charge in [-0.1, -0.05) is 0 Å². The Morgan fingerprint density at radius 1 is 1.31 bits per heavy atom. The van der Waals surface area contributed by atoms with Crippen molar-refractivity contribution in [3.8, 4) is 5.75 Å². The second-order valence-electron chi connectivity index (χ2n) is 9.66. The van der Waals surface area contributed by atoms with Gasteiger partial charge in [0.15, 0.2) is 5.96 Å². The van der Waals surface area contributed by atoms with Gasteiger partial charge in [0.25, 0.3) is 5.91 Å². The largest absolute Gasteiger partial charge is 0.494 e. The lowest BCUT2D eigenvalue weighted by molar-refractivity contribution is -0.139. The van der Waals surface area contributed by atoms with Crippen LogP contribution in [0.4, 0.5) is 8.78 Å². The molecule has 198 valence electrons. The summed E-state index contributed by atoms with van der Waals surface area (Å²) in [6.45, 7) is 4.05. The Kier molecular flexibility index (Phi) is 9.42. The molecular weight excluding hydrogens is 470 g/mol. The minimum atomic E-state index is -3.52. The summed E-state index contributed by atoms with van der Waals surface area (Å²) >= 11 is 0. The second kappa shape index (κ2) is 12.3. The number of aliphatic hydroxyl groups is 1. The summed E-state index contributed by atoms with van der Waals surface area (Å²) in [6.07, 6.45) is 7.11. The highest BCUT2D eigenvalue weighted by Gasteiger charge is 2.33. The highest BCUT2D eigenvalue weighted by molar-refractivity contribution is 5.96. The maximum Gasteiger partial charge on any atom is 0.324 e. The first-order valence-electron chi connectivity index (χ1n) is 12.5. The van der Waals surface area contributed by atoms with Gasteiger partial charge < -0.3 is 25.8 Å². The third-order valence-corrected chi connectivity index (χ3v) is 6.76. The number of aliphatic hydroxyl groups excluding tert-OH is 1. The van der Waals surface area contributed by atoms with Crippen LogP contribution in [-0.4, -0.2) is 59.5 Å². The van der Waals surface area contributed by atoms with Crippen LogP contribution in [0.3, 0.4) is 0 Å². The van der Waals surface area contributed by atoms with Gasteiger partial charge in [-0.05, 0) is 87.1 Å². The number of hydrogen-bond donors (Lipinski definition) is 3. The molecule has 2 aliphatic rings. The number of amides is 2. The standard InChI is InChI=1S/C26H36F2N4O4/c1-17-15-20(8-9-21(17)23(34)30-16-19-6-3-7-22(19)33)36-14-4-5-18-10-12-32(13-11-18)25(29)31-24(35)26(2,27)28/h8-9,15-16,18,22,33H,3-7,10-14H2,1-2H3,(H,30,34)(H2,29,31,35)/b19-16+. The minimum Gasteiger partial charge on any atom is -0.494 e. The van der Waals surface area contributed by atoms with E-state index < -0.39 is 17.9 Å². The van der Waals surface area contributed by atoms with E-state index in [2.05, 4.69) is 10.3 Å². The molecule has 1 atom stereocenters. The Morgan fingerprint density at radius 2 is 2.03 bits per heavy atom. The van der Waals surface area contributed by atoms with Crippen molar-refractivity contribution in [2.45, 2.75) is 70.8 Å². The quantitative estimate of drug-likeness (QED) is 0.282. The maximum atomic E-state index is 13.0. The van der Waals surface area contributed by atoms with Crippen molar-refractivity contribution in [2.75, 3.05) is 19.7 Å². The number of nitrogens with one attached hydrogen (secondary N) is 1. The number of halogens is 2. The van der Waals surface area contributed by atoms with Crippen LogP contribution in [-0.2, 0) is 4.79 Å². The Labute approximate surface area is 210 Å². The highest BCUT2D eigenvalue weighted by Crippen LogP contribution is 2.25. The normalized spacial score (nSPS) is 20.6. The SMILES string of the molecule is Cc1cc(OCCCC2CCN(C(N)=NC(=O)C(C)(F)F)CC2)ccc1C(=O)N/C=C1\CCCC1O. The fourth-order valence-electron chi connectivity index (χ4n) is 4.52. The zero-order valence-corrected chi connectivity index (χ0v) is 20.9. The lowest BCUT2D eigenvalue weighted by Gasteiger charge is -2.32. The second-order valence-corrected chi connectivity index (χ2v) is 9.66. The van der Waals surface area contributed by atoms with Crippen molar-refractivity contribution in [3.63, 3.8) is 0 Å². The van der Waals surface area contributed by atoms with E-state index in [0.717, 1.165) is 56.1 Å². The first kappa shape index (κ1) is 27.6. The van der Waals surface area contributed by atoms with Gasteiger partial charge in [0.2, 0.25) is 0 Å². The molecule has 3 rings (SSSR count). The number of piperidine rings is 1. The molecule has 0 radical (unpaired) electrons. The zero-order chi connectivity index (χ0) is 26.3. The number of benzene rings is 1. The van der Waals surface area contributed by atoms with E-state index in [1.807, 2.05) is 13.0 Å². The number of nitrogens with two attached hydrogens (primary N) is 1. The number of hydrogen-bond acceptors (Lipinski definition) is 4. The van der Waals surface area contributed by atoms with Crippen molar-refractivity contribution >= 4 is 17.8 Å². The van der Waals surface area contributed by atoms with Crippen molar-refractivity contribution in [2.24, 2.45) is 16.6 Å². The van der Waals surface area contributed by atoms with Crippen LogP contribution < -0.4 is 15.8 Å². The third-order valence-electron chi connectivity index (χ3n) is 6.76. The molecule has 1 aliphatic carbocycles. The molecule has 1 saturated heterocycles. The number of aryl methyl sites for hydroxylation is 1. The predicted molar refractivity (Wildman–Crippen MR) is 133 cm³/mol. The summed E-state index contributed by atoms with van der Waals surface area (Å²) in [5.41, 5.74) is 7.96. The van der Waals surface area contributed by atoms with E-state index in [1.165, 1.54) is 0 Å². The summed E-state index contributed by atoms with van der Waals surface area (Å²) < 4.78 is 31.9. The average Bonchev–Trinajstić information content (AvgIpc) is 3.24. The molecule has 8 nitrogen and oxygen atoms in total. The van der Waals surface area contributed by atoms with Crippen LogP contribution in [0, 0.1) is 12.8 Å². The third kappa shape index (κ3) is 7.74. The molecule has 2 fully saturated rings. The molecule has 36 heavy (non-hydrogen) atoms. The maximum absolute atomic E-state index is 13.0. The molecule has 0 spiro atoms. The Morgan fingerprint density at radius 3 is 2.64 bits per heavy atom. The van der Waals surface area contributed by atoms with Gasteiger partial charge in [-0.25, -0.2) is 0 Å². The monoisotopic (exact) mass is 506 g/mol. The smallest absolute Gasteiger partial charge is 0.324 e. The van der Waals surface area contributed by atoms with Gasteiger partial charge in [-0.2, -0.15) is 13.8 Å². The lowest BCUT2D eigenvalue weighted by atomic mass is 9.92. The summed E-state index contributed by atoms with van der Waals surface area (Å²) in [5.74, 6) is -4.25. The summed E-state index contributed by atoms with van der Waals surface area (Å²) in [6, 6.07) is 5.36.